The van der Waals surface area contributed by atoms with Crippen LogP contribution < -0.4 is 10.4 Å². The first-order valence-corrected chi connectivity index (χ1v) is 6.15. The van der Waals surface area contributed by atoms with Crippen LogP contribution in [-0.4, -0.2) is 10.2 Å². The largest absolute Gasteiger partial charge is 0.507 e. The Morgan fingerprint density at radius 3 is 2.16 bits per heavy atom. The van der Waals surface area contributed by atoms with E-state index in [2.05, 4.69) is 6.58 Å². The second kappa shape index (κ2) is 4.02. The van der Waals surface area contributed by atoms with E-state index in [1.54, 1.807) is 6.07 Å². The summed E-state index contributed by atoms with van der Waals surface area (Å²) in [6, 6.07) is 11.0. The third-order valence-corrected chi connectivity index (χ3v) is 3.54. The van der Waals surface area contributed by atoms with Crippen LogP contribution in [0.3, 0.4) is 0 Å². The van der Waals surface area contributed by atoms with Crippen LogP contribution in [0.25, 0.3) is 34.2 Å². The highest BCUT2D eigenvalue weighted by Gasteiger charge is 2.13. The van der Waals surface area contributed by atoms with Gasteiger partial charge in [-0.25, -0.2) is 0 Å². The van der Waals surface area contributed by atoms with Crippen LogP contribution >= 0.6 is 0 Å². The standard InChI is InChI=1S/C17H14O2/c1-3-11-7-5-9-13-15(11)17(19)12-8-4-6-10(2)14(12)16(13)18/h3-9,18-19H,2H2,1H3/b11-3-. The van der Waals surface area contributed by atoms with Crippen LogP contribution in [0.5, 0.6) is 11.5 Å². The second-order valence-corrected chi connectivity index (χ2v) is 4.60. The van der Waals surface area contributed by atoms with Crippen molar-refractivity contribution in [3.63, 3.8) is 0 Å². The predicted molar refractivity (Wildman–Crippen MR) is 79.7 cm³/mol. The first-order valence-electron chi connectivity index (χ1n) is 6.15. The van der Waals surface area contributed by atoms with E-state index in [-0.39, 0.29) is 11.5 Å². The first kappa shape index (κ1) is 11.6. The molecule has 3 aromatic carbocycles. The molecule has 2 heteroatoms. The fourth-order valence-electron chi connectivity index (χ4n) is 2.62. The summed E-state index contributed by atoms with van der Waals surface area (Å²) in [4.78, 5) is 0. The number of aromatic hydroxyl groups is 2. The summed E-state index contributed by atoms with van der Waals surface area (Å²) >= 11 is 0. The fraction of sp³-hybridized carbons (Fsp3) is 0.0588. The average molecular weight is 250 g/mol. The Morgan fingerprint density at radius 1 is 0.895 bits per heavy atom. The molecule has 0 heterocycles. The lowest BCUT2D eigenvalue weighted by molar-refractivity contribution is 0.478. The van der Waals surface area contributed by atoms with E-state index in [1.807, 2.05) is 43.3 Å². The minimum absolute atomic E-state index is 0.178. The highest BCUT2D eigenvalue weighted by Crippen LogP contribution is 2.37. The van der Waals surface area contributed by atoms with Gasteiger partial charge in [0.15, 0.2) is 0 Å². The molecule has 94 valence electrons. The van der Waals surface area contributed by atoms with Crippen LogP contribution in [0, 0.1) is 0 Å². The third kappa shape index (κ3) is 1.50. The highest BCUT2D eigenvalue weighted by atomic mass is 16.3. The molecule has 0 spiro atoms. The van der Waals surface area contributed by atoms with Gasteiger partial charge in [-0.1, -0.05) is 49.1 Å². The number of phenols is 2. The molecule has 19 heavy (non-hydrogen) atoms. The summed E-state index contributed by atoms with van der Waals surface area (Å²) in [7, 11) is 0. The zero-order chi connectivity index (χ0) is 13.6. The van der Waals surface area contributed by atoms with Gasteiger partial charge in [0.2, 0.25) is 0 Å². The number of benzene rings is 3. The maximum Gasteiger partial charge on any atom is 0.132 e. The highest BCUT2D eigenvalue weighted by molar-refractivity contribution is 6.10. The lowest BCUT2D eigenvalue weighted by Gasteiger charge is -2.10. The topological polar surface area (TPSA) is 40.5 Å². The zero-order valence-electron chi connectivity index (χ0n) is 10.6. The Bertz CT molecular complexity index is 908. The fourth-order valence-corrected chi connectivity index (χ4v) is 2.62. The van der Waals surface area contributed by atoms with Crippen LogP contribution in [0.4, 0.5) is 0 Å². The van der Waals surface area contributed by atoms with Crippen LogP contribution in [-0.2, 0) is 0 Å². The molecule has 3 rings (SSSR count). The van der Waals surface area contributed by atoms with Crippen molar-refractivity contribution in [2.45, 2.75) is 6.92 Å². The van der Waals surface area contributed by atoms with E-state index in [0.717, 1.165) is 5.22 Å². The summed E-state index contributed by atoms with van der Waals surface area (Å²) in [6.07, 6.45) is 1.92. The van der Waals surface area contributed by atoms with E-state index < -0.39 is 0 Å². The van der Waals surface area contributed by atoms with Crippen molar-refractivity contribution >= 4 is 34.2 Å². The molecule has 0 saturated heterocycles. The molecule has 2 nitrogen and oxygen atoms in total. The van der Waals surface area contributed by atoms with Gasteiger partial charge in [-0.3, -0.25) is 0 Å². The zero-order valence-corrected chi connectivity index (χ0v) is 10.6. The van der Waals surface area contributed by atoms with Gasteiger partial charge in [-0.2, -0.15) is 0 Å². The Hall–Kier alpha value is -2.48. The number of rotatable bonds is 0. The van der Waals surface area contributed by atoms with Gasteiger partial charge in [0.1, 0.15) is 11.5 Å². The van der Waals surface area contributed by atoms with Crippen molar-refractivity contribution < 1.29 is 10.2 Å². The molecule has 0 aliphatic heterocycles. The van der Waals surface area contributed by atoms with Crippen molar-refractivity contribution in [2.24, 2.45) is 0 Å². The maximum atomic E-state index is 10.5. The monoisotopic (exact) mass is 250 g/mol. The lowest BCUT2D eigenvalue weighted by Crippen LogP contribution is -2.04. The number of hydrogen-bond donors (Lipinski definition) is 2. The van der Waals surface area contributed by atoms with Crippen molar-refractivity contribution in [3.05, 3.63) is 46.8 Å². The van der Waals surface area contributed by atoms with Gasteiger partial charge >= 0.3 is 0 Å². The Kier molecular flexibility index (Phi) is 2.46. The smallest absolute Gasteiger partial charge is 0.132 e. The van der Waals surface area contributed by atoms with Gasteiger partial charge in [-0.15, -0.1) is 0 Å². The average Bonchev–Trinajstić information content (AvgIpc) is 2.43. The SMILES string of the molecule is C=c1cccc2c(O)c3/c(=C\C)cccc3c(O)c12. The maximum absolute atomic E-state index is 10.5. The number of fused-ring (bicyclic) bond motifs is 2. The molecule has 0 aliphatic carbocycles. The minimum atomic E-state index is 0.178. The molecule has 0 amide bonds. The summed E-state index contributed by atoms with van der Waals surface area (Å²) in [5, 5.41) is 25.2. The molecule has 0 bridgehead atoms. The van der Waals surface area contributed by atoms with Gasteiger partial charge in [0, 0.05) is 21.5 Å². The van der Waals surface area contributed by atoms with Gasteiger partial charge in [0.25, 0.3) is 0 Å². The minimum Gasteiger partial charge on any atom is -0.507 e. The third-order valence-electron chi connectivity index (χ3n) is 3.54. The Labute approximate surface area is 110 Å². The van der Waals surface area contributed by atoms with Crippen molar-refractivity contribution in [1.29, 1.82) is 0 Å². The Morgan fingerprint density at radius 2 is 1.47 bits per heavy atom. The summed E-state index contributed by atoms with van der Waals surface area (Å²) in [6.45, 7) is 5.83. The quantitative estimate of drug-likeness (QED) is 0.475. The van der Waals surface area contributed by atoms with E-state index in [4.69, 9.17) is 0 Å². The molecule has 0 aromatic heterocycles. The van der Waals surface area contributed by atoms with E-state index in [0.29, 0.717) is 26.8 Å². The first-order chi connectivity index (χ1) is 9.15. The molecule has 0 radical (unpaired) electrons. The van der Waals surface area contributed by atoms with Gasteiger partial charge in [0.05, 0.1) is 0 Å². The van der Waals surface area contributed by atoms with E-state index in [1.165, 1.54) is 0 Å². The van der Waals surface area contributed by atoms with Crippen LogP contribution in [0.1, 0.15) is 6.92 Å². The van der Waals surface area contributed by atoms with Crippen LogP contribution in [0.2, 0.25) is 0 Å². The van der Waals surface area contributed by atoms with Crippen molar-refractivity contribution in [1.82, 2.24) is 0 Å². The van der Waals surface area contributed by atoms with Crippen LogP contribution in [0.15, 0.2) is 36.4 Å². The summed E-state index contributed by atoms with van der Waals surface area (Å²) < 4.78 is 0. The van der Waals surface area contributed by atoms with E-state index in [9.17, 15) is 10.2 Å². The van der Waals surface area contributed by atoms with Gasteiger partial charge in [-0.05, 0) is 17.4 Å². The molecule has 0 fully saturated rings. The lowest BCUT2D eigenvalue weighted by atomic mass is 9.98. The van der Waals surface area contributed by atoms with Crippen molar-refractivity contribution in [2.75, 3.05) is 0 Å². The molecule has 0 atom stereocenters. The number of phenolic OH excluding ortho intramolecular Hbond substituents is 2. The second-order valence-electron chi connectivity index (χ2n) is 4.60. The van der Waals surface area contributed by atoms with Gasteiger partial charge < -0.3 is 10.2 Å². The summed E-state index contributed by atoms with van der Waals surface area (Å²) in [5.74, 6) is 0.374. The molecule has 0 unspecified atom stereocenters. The molecular weight excluding hydrogens is 236 g/mol. The number of hydrogen-bond acceptors (Lipinski definition) is 2. The molecule has 3 aromatic rings. The normalized spacial score (nSPS) is 12.4. The summed E-state index contributed by atoms with van der Waals surface area (Å²) in [5.41, 5.74) is 0. The Balaban J connectivity index is 2.78. The molecule has 2 N–H and O–H groups in total. The predicted octanol–water partition coefficient (Wildman–Crippen LogP) is 2.61. The van der Waals surface area contributed by atoms with E-state index >= 15 is 0 Å². The molecule has 0 saturated carbocycles. The van der Waals surface area contributed by atoms with Crippen molar-refractivity contribution in [3.8, 4) is 11.5 Å². The molecule has 0 aliphatic rings. The molecular formula is C17H14O2.